The van der Waals surface area contributed by atoms with Gasteiger partial charge in [0, 0.05) is 22.7 Å². The zero-order valence-electron chi connectivity index (χ0n) is 13.9. The molecular weight excluding hydrogens is 323 g/mol. The van der Waals surface area contributed by atoms with Crippen molar-refractivity contribution >= 4 is 17.1 Å². The molecule has 0 unspecified atom stereocenters. The molecule has 3 aromatic rings. The molecule has 25 heavy (non-hydrogen) atoms. The minimum atomic E-state index is -0.336. The minimum Gasteiger partial charge on any atom is -0.493 e. The van der Waals surface area contributed by atoms with E-state index in [1.807, 2.05) is 12.1 Å². The van der Waals surface area contributed by atoms with Crippen molar-refractivity contribution in [3.8, 4) is 11.5 Å². The van der Waals surface area contributed by atoms with Crippen LogP contribution in [0.5, 0.6) is 11.5 Å². The van der Waals surface area contributed by atoms with E-state index in [0.717, 1.165) is 5.39 Å². The first-order chi connectivity index (χ1) is 12.2. The maximum atomic E-state index is 13.7. The fraction of sp³-hybridized carbons (Fsp3) is 0.158. The molecule has 128 valence electrons. The predicted molar refractivity (Wildman–Crippen MR) is 93.6 cm³/mol. The number of oxime groups is 1. The lowest BCUT2D eigenvalue weighted by atomic mass is 10.1. The van der Waals surface area contributed by atoms with Crippen molar-refractivity contribution in [1.82, 2.24) is 4.98 Å². The van der Waals surface area contributed by atoms with Crippen LogP contribution in [-0.2, 0) is 11.4 Å². The molecule has 0 saturated heterocycles. The van der Waals surface area contributed by atoms with Gasteiger partial charge in [-0.15, -0.1) is 0 Å². The molecule has 1 aromatic heterocycles. The Hall–Kier alpha value is -3.15. The standard InChI is InChI=1S/C19H17FN2O3/c1-23-17-7-3-5-14(19(17)24-2)11-22-25-12-15-10-16(20)9-13-6-4-8-21-18(13)15/h3-11H,12H2,1-2H3/b22-11+. The van der Waals surface area contributed by atoms with Gasteiger partial charge in [0.2, 0.25) is 0 Å². The van der Waals surface area contributed by atoms with Crippen LogP contribution in [0.1, 0.15) is 11.1 Å². The second kappa shape index (κ2) is 7.61. The lowest BCUT2D eigenvalue weighted by Gasteiger charge is -2.09. The maximum Gasteiger partial charge on any atom is 0.169 e. The summed E-state index contributed by atoms with van der Waals surface area (Å²) in [5, 5.41) is 4.67. The van der Waals surface area contributed by atoms with E-state index in [9.17, 15) is 4.39 Å². The van der Waals surface area contributed by atoms with Crippen LogP contribution in [0.4, 0.5) is 4.39 Å². The lowest BCUT2D eigenvalue weighted by molar-refractivity contribution is 0.132. The molecule has 6 heteroatoms. The summed E-state index contributed by atoms with van der Waals surface area (Å²) in [6.45, 7) is 0.105. The van der Waals surface area contributed by atoms with Gasteiger partial charge in [-0.2, -0.15) is 0 Å². The van der Waals surface area contributed by atoms with Crippen molar-refractivity contribution in [2.24, 2.45) is 5.16 Å². The van der Waals surface area contributed by atoms with Crippen LogP contribution in [-0.4, -0.2) is 25.4 Å². The monoisotopic (exact) mass is 340 g/mol. The highest BCUT2D eigenvalue weighted by Crippen LogP contribution is 2.29. The van der Waals surface area contributed by atoms with Gasteiger partial charge in [-0.3, -0.25) is 4.98 Å². The van der Waals surface area contributed by atoms with Crippen molar-refractivity contribution in [3.63, 3.8) is 0 Å². The van der Waals surface area contributed by atoms with E-state index in [-0.39, 0.29) is 12.4 Å². The SMILES string of the molecule is COc1cccc(/C=N/OCc2cc(F)cc3cccnc23)c1OC. The Balaban J connectivity index is 1.77. The second-order valence-corrected chi connectivity index (χ2v) is 5.23. The number of fused-ring (bicyclic) bond motifs is 1. The van der Waals surface area contributed by atoms with Gasteiger partial charge in [-0.1, -0.05) is 17.3 Å². The van der Waals surface area contributed by atoms with Crippen LogP contribution >= 0.6 is 0 Å². The molecule has 2 aromatic carbocycles. The van der Waals surface area contributed by atoms with Gasteiger partial charge in [0.25, 0.3) is 0 Å². The van der Waals surface area contributed by atoms with Crippen LogP contribution in [0.2, 0.25) is 0 Å². The number of rotatable bonds is 6. The van der Waals surface area contributed by atoms with Crippen LogP contribution < -0.4 is 9.47 Å². The molecule has 0 radical (unpaired) electrons. The number of nitrogens with zero attached hydrogens (tertiary/aromatic N) is 2. The van der Waals surface area contributed by atoms with Crippen LogP contribution in [0, 0.1) is 5.82 Å². The van der Waals surface area contributed by atoms with Crippen LogP contribution in [0.15, 0.2) is 53.8 Å². The Bertz CT molecular complexity index is 912. The molecule has 0 spiro atoms. The number of hydrogen-bond acceptors (Lipinski definition) is 5. The number of hydrogen-bond donors (Lipinski definition) is 0. The van der Waals surface area contributed by atoms with Gasteiger partial charge in [0.05, 0.1) is 26.0 Å². The summed E-state index contributed by atoms with van der Waals surface area (Å²) < 4.78 is 24.3. The number of para-hydroxylation sites is 1. The summed E-state index contributed by atoms with van der Waals surface area (Å²) in [4.78, 5) is 9.60. The maximum absolute atomic E-state index is 13.7. The van der Waals surface area contributed by atoms with Gasteiger partial charge < -0.3 is 14.3 Å². The Morgan fingerprint density at radius 2 is 2.00 bits per heavy atom. The number of methoxy groups -OCH3 is 2. The molecule has 3 rings (SSSR count). The normalized spacial score (nSPS) is 11.0. The first kappa shape index (κ1) is 16.7. The molecule has 1 heterocycles. The highest BCUT2D eigenvalue weighted by Gasteiger charge is 2.08. The fourth-order valence-electron chi connectivity index (χ4n) is 2.55. The van der Waals surface area contributed by atoms with Gasteiger partial charge in [0.15, 0.2) is 11.5 Å². The van der Waals surface area contributed by atoms with Crippen molar-refractivity contribution in [1.29, 1.82) is 0 Å². The highest BCUT2D eigenvalue weighted by molar-refractivity contribution is 5.84. The molecule has 5 nitrogen and oxygen atoms in total. The average molecular weight is 340 g/mol. The molecule has 0 N–H and O–H groups in total. The third-order valence-corrected chi connectivity index (χ3v) is 3.67. The predicted octanol–water partition coefficient (Wildman–Crippen LogP) is 3.94. The first-order valence-corrected chi connectivity index (χ1v) is 7.62. The van der Waals surface area contributed by atoms with E-state index < -0.39 is 0 Å². The van der Waals surface area contributed by atoms with E-state index in [0.29, 0.717) is 28.1 Å². The van der Waals surface area contributed by atoms with Gasteiger partial charge >= 0.3 is 0 Å². The van der Waals surface area contributed by atoms with Gasteiger partial charge in [-0.05, 0) is 30.3 Å². The summed E-state index contributed by atoms with van der Waals surface area (Å²) in [5.41, 5.74) is 2.03. The van der Waals surface area contributed by atoms with E-state index >= 15 is 0 Å². The number of halogens is 1. The minimum absolute atomic E-state index is 0.105. The third-order valence-electron chi connectivity index (χ3n) is 3.67. The molecular formula is C19H17FN2O3. The Morgan fingerprint density at radius 3 is 2.80 bits per heavy atom. The average Bonchev–Trinajstić information content (AvgIpc) is 2.64. The van der Waals surface area contributed by atoms with Crippen LogP contribution in [0.25, 0.3) is 10.9 Å². The third kappa shape index (κ3) is 3.68. The largest absolute Gasteiger partial charge is 0.493 e. The summed E-state index contributed by atoms with van der Waals surface area (Å²) in [6.07, 6.45) is 3.18. The fourth-order valence-corrected chi connectivity index (χ4v) is 2.55. The van der Waals surface area contributed by atoms with Crippen LogP contribution in [0.3, 0.4) is 0 Å². The molecule has 0 aliphatic heterocycles. The summed E-state index contributed by atoms with van der Waals surface area (Å²) in [6, 6.07) is 11.9. The molecule has 0 amide bonds. The molecule has 0 bridgehead atoms. The van der Waals surface area contributed by atoms with E-state index in [1.165, 1.54) is 18.3 Å². The summed E-state index contributed by atoms with van der Waals surface area (Å²) in [5.74, 6) is 0.833. The number of benzene rings is 2. The summed E-state index contributed by atoms with van der Waals surface area (Å²) in [7, 11) is 3.12. The quantitative estimate of drug-likeness (QED) is 0.504. The molecule has 0 aliphatic rings. The highest BCUT2D eigenvalue weighted by atomic mass is 19.1. The molecule has 0 atom stereocenters. The zero-order chi connectivity index (χ0) is 17.6. The topological polar surface area (TPSA) is 52.9 Å². The van der Waals surface area contributed by atoms with E-state index in [1.54, 1.807) is 38.6 Å². The zero-order valence-corrected chi connectivity index (χ0v) is 13.9. The van der Waals surface area contributed by atoms with E-state index in [2.05, 4.69) is 10.1 Å². The molecule has 0 saturated carbocycles. The van der Waals surface area contributed by atoms with Gasteiger partial charge in [-0.25, -0.2) is 4.39 Å². The van der Waals surface area contributed by atoms with Crippen molar-refractivity contribution < 1.29 is 18.7 Å². The second-order valence-electron chi connectivity index (χ2n) is 5.23. The molecule has 0 fully saturated rings. The van der Waals surface area contributed by atoms with Crippen molar-refractivity contribution in [3.05, 3.63) is 65.6 Å². The van der Waals surface area contributed by atoms with E-state index in [4.69, 9.17) is 14.3 Å². The smallest absolute Gasteiger partial charge is 0.169 e. The molecule has 0 aliphatic carbocycles. The number of aromatic nitrogens is 1. The van der Waals surface area contributed by atoms with Crippen molar-refractivity contribution in [2.45, 2.75) is 6.61 Å². The van der Waals surface area contributed by atoms with Gasteiger partial charge in [0.1, 0.15) is 12.4 Å². The Kier molecular flexibility index (Phi) is 5.09. The lowest BCUT2D eigenvalue weighted by Crippen LogP contribution is -1.96. The Morgan fingerprint density at radius 1 is 1.12 bits per heavy atom. The summed E-state index contributed by atoms with van der Waals surface area (Å²) >= 11 is 0. The first-order valence-electron chi connectivity index (χ1n) is 7.62. The van der Waals surface area contributed by atoms with Crippen molar-refractivity contribution in [2.75, 3.05) is 14.2 Å². The number of ether oxygens (including phenoxy) is 2. The Labute approximate surface area is 144 Å². The number of pyridine rings is 1.